The molecule has 0 saturated heterocycles. The van der Waals surface area contributed by atoms with Gasteiger partial charge in [0.25, 0.3) is 0 Å². The van der Waals surface area contributed by atoms with E-state index < -0.39 is 5.60 Å². The molecule has 1 N–H and O–H groups in total. The van der Waals surface area contributed by atoms with Gasteiger partial charge in [0.1, 0.15) is 11.4 Å². The molecule has 1 aromatic carbocycles. The molecule has 1 aliphatic carbocycles. The molecule has 0 bridgehead atoms. The summed E-state index contributed by atoms with van der Waals surface area (Å²) in [6, 6.07) is 7.08. The number of hydrogen-bond donors (Lipinski definition) is 1. The zero-order chi connectivity index (χ0) is 11.6. The molecule has 3 nitrogen and oxygen atoms in total. The van der Waals surface area contributed by atoms with Crippen molar-refractivity contribution < 1.29 is 14.6 Å². The summed E-state index contributed by atoms with van der Waals surface area (Å²) < 4.78 is 5.05. The number of methoxy groups -OCH3 is 1. The van der Waals surface area contributed by atoms with Crippen molar-refractivity contribution in [2.45, 2.75) is 31.3 Å². The molecule has 1 aliphatic rings. The molecule has 3 heteroatoms. The summed E-state index contributed by atoms with van der Waals surface area (Å²) in [6.45, 7) is 0. The Hall–Kier alpha value is -1.35. The van der Waals surface area contributed by atoms with Crippen molar-refractivity contribution in [1.29, 1.82) is 0 Å². The number of rotatable bonds is 2. The fourth-order valence-electron chi connectivity index (χ4n) is 2.18. The molecule has 0 aliphatic heterocycles. The molecular weight excluding hydrogens is 204 g/mol. The zero-order valence-corrected chi connectivity index (χ0v) is 9.40. The first-order valence-corrected chi connectivity index (χ1v) is 5.57. The quantitative estimate of drug-likeness (QED) is 0.829. The van der Waals surface area contributed by atoms with Crippen molar-refractivity contribution in [3.63, 3.8) is 0 Å². The van der Waals surface area contributed by atoms with Crippen LogP contribution in [0.4, 0.5) is 0 Å². The molecule has 0 spiro atoms. The molecule has 1 fully saturated rings. The Balaban J connectivity index is 2.30. The van der Waals surface area contributed by atoms with Crippen LogP contribution < -0.4 is 4.74 Å². The minimum atomic E-state index is -1.27. The summed E-state index contributed by atoms with van der Waals surface area (Å²) in [5, 5.41) is 10.4. The Kier molecular flexibility index (Phi) is 2.97. The van der Waals surface area contributed by atoms with Crippen LogP contribution in [0.3, 0.4) is 0 Å². The Bertz CT molecular complexity index is 383. The molecule has 1 saturated carbocycles. The Morgan fingerprint density at radius 2 is 1.94 bits per heavy atom. The molecular formula is C13H16O3. The second-order valence-electron chi connectivity index (χ2n) is 4.22. The highest BCUT2D eigenvalue weighted by Crippen LogP contribution is 2.34. The number of aliphatic hydroxyl groups is 1. The largest absolute Gasteiger partial charge is 0.497 e. The Labute approximate surface area is 95.0 Å². The van der Waals surface area contributed by atoms with E-state index in [9.17, 15) is 9.90 Å². The fraction of sp³-hybridized carbons (Fsp3) is 0.462. The van der Waals surface area contributed by atoms with E-state index in [0.29, 0.717) is 18.4 Å². The van der Waals surface area contributed by atoms with Gasteiger partial charge in [0.05, 0.1) is 7.11 Å². The first-order chi connectivity index (χ1) is 7.66. The predicted molar refractivity (Wildman–Crippen MR) is 60.4 cm³/mol. The van der Waals surface area contributed by atoms with E-state index in [4.69, 9.17) is 4.74 Å². The maximum Gasteiger partial charge on any atom is 0.168 e. The van der Waals surface area contributed by atoms with Crippen LogP contribution in [-0.2, 0) is 10.4 Å². The number of carbonyl (C=O) groups excluding carboxylic acids is 1. The van der Waals surface area contributed by atoms with Crippen molar-refractivity contribution in [3.8, 4) is 5.75 Å². The van der Waals surface area contributed by atoms with Gasteiger partial charge in [0.2, 0.25) is 0 Å². The van der Waals surface area contributed by atoms with Crippen molar-refractivity contribution in [2.75, 3.05) is 7.11 Å². The molecule has 0 aromatic heterocycles. The number of Topliss-reactive ketones (excluding diaryl/α,β-unsaturated/α-hetero) is 1. The lowest BCUT2D eigenvalue weighted by atomic mass is 9.78. The van der Waals surface area contributed by atoms with Gasteiger partial charge in [-0.3, -0.25) is 4.79 Å². The number of hydrogen-bond acceptors (Lipinski definition) is 3. The Morgan fingerprint density at radius 3 is 2.50 bits per heavy atom. The van der Waals surface area contributed by atoms with E-state index in [-0.39, 0.29) is 5.78 Å². The van der Waals surface area contributed by atoms with E-state index in [0.717, 1.165) is 18.6 Å². The van der Waals surface area contributed by atoms with Gasteiger partial charge in [-0.2, -0.15) is 0 Å². The Morgan fingerprint density at radius 1 is 1.25 bits per heavy atom. The van der Waals surface area contributed by atoms with Crippen LogP contribution >= 0.6 is 0 Å². The molecule has 0 heterocycles. The van der Waals surface area contributed by atoms with Crippen molar-refractivity contribution >= 4 is 5.78 Å². The maximum atomic E-state index is 11.8. The van der Waals surface area contributed by atoms with Gasteiger partial charge in [0, 0.05) is 6.42 Å². The fourth-order valence-corrected chi connectivity index (χ4v) is 2.18. The lowest BCUT2D eigenvalue weighted by Gasteiger charge is -2.30. The van der Waals surface area contributed by atoms with Crippen molar-refractivity contribution in [2.24, 2.45) is 0 Å². The summed E-state index contributed by atoms with van der Waals surface area (Å²) in [5.74, 6) is 0.666. The van der Waals surface area contributed by atoms with E-state index in [1.165, 1.54) is 0 Å². The number of ketones is 1. The summed E-state index contributed by atoms with van der Waals surface area (Å²) >= 11 is 0. The second kappa shape index (κ2) is 4.26. The topological polar surface area (TPSA) is 46.5 Å². The zero-order valence-electron chi connectivity index (χ0n) is 9.40. The summed E-state index contributed by atoms with van der Waals surface area (Å²) in [5.41, 5.74) is -0.595. The highest BCUT2D eigenvalue weighted by atomic mass is 16.5. The minimum Gasteiger partial charge on any atom is -0.497 e. The van der Waals surface area contributed by atoms with E-state index in [1.807, 2.05) is 0 Å². The van der Waals surface area contributed by atoms with Gasteiger partial charge in [-0.15, -0.1) is 0 Å². The lowest BCUT2D eigenvalue weighted by Crippen LogP contribution is -2.38. The maximum absolute atomic E-state index is 11.8. The SMILES string of the molecule is COc1ccc(C2(O)CCCCC2=O)cc1. The van der Waals surface area contributed by atoms with E-state index in [2.05, 4.69) is 0 Å². The van der Waals surface area contributed by atoms with E-state index in [1.54, 1.807) is 31.4 Å². The van der Waals surface area contributed by atoms with Gasteiger partial charge < -0.3 is 9.84 Å². The van der Waals surface area contributed by atoms with Crippen molar-refractivity contribution in [3.05, 3.63) is 29.8 Å². The van der Waals surface area contributed by atoms with Gasteiger partial charge in [0.15, 0.2) is 5.78 Å². The highest BCUT2D eigenvalue weighted by molar-refractivity contribution is 5.88. The van der Waals surface area contributed by atoms with Crippen LogP contribution in [-0.4, -0.2) is 18.0 Å². The monoisotopic (exact) mass is 220 g/mol. The number of benzene rings is 1. The van der Waals surface area contributed by atoms with Crippen LogP contribution in [0.5, 0.6) is 5.75 Å². The van der Waals surface area contributed by atoms with Gasteiger partial charge in [-0.1, -0.05) is 12.1 Å². The van der Waals surface area contributed by atoms with Gasteiger partial charge in [-0.05, 0) is 37.0 Å². The third kappa shape index (κ3) is 1.83. The summed E-state index contributed by atoms with van der Waals surface area (Å²) in [6.07, 6.45) is 2.78. The second-order valence-corrected chi connectivity index (χ2v) is 4.22. The lowest BCUT2D eigenvalue weighted by molar-refractivity contribution is -0.142. The van der Waals surface area contributed by atoms with Crippen molar-refractivity contribution in [1.82, 2.24) is 0 Å². The number of carbonyl (C=O) groups is 1. The highest BCUT2D eigenvalue weighted by Gasteiger charge is 2.38. The smallest absolute Gasteiger partial charge is 0.168 e. The first kappa shape index (κ1) is 11.1. The standard InChI is InChI=1S/C13H16O3/c1-16-11-7-5-10(6-8-11)13(15)9-3-2-4-12(13)14/h5-8,15H,2-4,9H2,1H3. The number of ether oxygens (including phenoxy) is 1. The average Bonchev–Trinajstić information content (AvgIpc) is 2.33. The molecule has 0 radical (unpaired) electrons. The van der Waals surface area contributed by atoms with Crippen LogP contribution in [0.2, 0.25) is 0 Å². The summed E-state index contributed by atoms with van der Waals surface area (Å²) in [7, 11) is 1.59. The first-order valence-electron chi connectivity index (χ1n) is 5.57. The van der Waals surface area contributed by atoms with Crippen LogP contribution in [0.15, 0.2) is 24.3 Å². The molecule has 1 aromatic rings. The molecule has 1 atom stereocenters. The summed E-state index contributed by atoms with van der Waals surface area (Å²) in [4.78, 5) is 11.8. The molecule has 86 valence electrons. The third-order valence-electron chi connectivity index (χ3n) is 3.22. The minimum absolute atomic E-state index is 0.0658. The predicted octanol–water partition coefficient (Wildman–Crippen LogP) is 2.03. The van der Waals surface area contributed by atoms with Crippen LogP contribution in [0.25, 0.3) is 0 Å². The van der Waals surface area contributed by atoms with Crippen LogP contribution in [0, 0.1) is 0 Å². The average molecular weight is 220 g/mol. The van der Waals surface area contributed by atoms with E-state index >= 15 is 0 Å². The normalized spacial score (nSPS) is 25.5. The molecule has 0 amide bonds. The molecule has 16 heavy (non-hydrogen) atoms. The molecule has 2 rings (SSSR count). The van der Waals surface area contributed by atoms with Gasteiger partial charge in [-0.25, -0.2) is 0 Å². The van der Waals surface area contributed by atoms with Gasteiger partial charge >= 0.3 is 0 Å². The van der Waals surface area contributed by atoms with Crippen LogP contribution in [0.1, 0.15) is 31.2 Å². The molecule has 1 unspecified atom stereocenters. The third-order valence-corrected chi connectivity index (χ3v) is 3.22.